The first kappa shape index (κ1) is 11.5. The molecule has 0 aliphatic rings. The van der Waals surface area contributed by atoms with Crippen molar-refractivity contribution in [2.75, 3.05) is 5.32 Å². The summed E-state index contributed by atoms with van der Waals surface area (Å²) in [6.45, 7) is 0. The standard InChI is InChI=1S/C9H7N5O4/c15-4-1-2-6(5(3-4)9(17)18)10-8(16)7-11-13-14-12-7/h1-3,15H,(H,10,16)(H,17,18)(H,11,12,13,14). The smallest absolute Gasteiger partial charge is 0.337 e. The van der Waals surface area contributed by atoms with Crippen molar-refractivity contribution in [2.45, 2.75) is 0 Å². The lowest BCUT2D eigenvalue weighted by Gasteiger charge is -2.06. The van der Waals surface area contributed by atoms with E-state index in [0.717, 1.165) is 6.07 Å². The van der Waals surface area contributed by atoms with E-state index in [2.05, 4.69) is 25.9 Å². The number of aromatic nitrogens is 4. The van der Waals surface area contributed by atoms with E-state index in [4.69, 9.17) is 5.11 Å². The van der Waals surface area contributed by atoms with Crippen LogP contribution in [0.3, 0.4) is 0 Å². The fourth-order valence-corrected chi connectivity index (χ4v) is 1.25. The van der Waals surface area contributed by atoms with Crippen molar-refractivity contribution >= 4 is 17.6 Å². The number of phenolic OH excluding ortho intramolecular Hbond substituents is 1. The van der Waals surface area contributed by atoms with Gasteiger partial charge in [0.1, 0.15) is 5.75 Å². The number of H-pyrrole nitrogens is 1. The largest absolute Gasteiger partial charge is 0.508 e. The third-order valence-electron chi connectivity index (χ3n) is 2.03. The Hall–Kier alpha value is -2.97. The van der Waals surface area contributed by atoms with Crippen LogP contribution in [0, 0.1) is 0 Å². The molecule has 0 atom stereocenters. The van der Waals surface area contributed by atoms with Gasteiger partial charge in [-0.05, 0) is 23.4 Å². The molecule has 2 aromatic rings. The van der Waals surface area contributed by atoms with Gasteiger partial charge in [0.2, 0.25) is 0 Å². The Kier molecular flexibility index (Phi) is 2.87. The van der Waals surface area contributed by atoms with Crippen molar-refractivity contribution in [2.24, 2.45) is 0 Å². The Labute approximate surface area is 99.5 Å². The summed E-state index contributed by atoms with van der Waals surface area (Å²) in [4.78, 5) is 22.5. The van der Waals surface area contributed by atoms with Crippen LogP contribution < -0.4 is 5.32 Å². The summed E-state index contributed by atoms with van der Waals surface area (Å²) in [7, 11) is 0. The molecular weight excluding hydrogens is 242 g/mol. The van der Waals surface area contributed by atoms with Gasteiger partial charge in [-0.1, -0.05) is 0 Å². The third-order valence-corrected chi connectivity index (χ3v) is 2.03. The van der Waals surface area contributed by atoms with Crippen molar-refractivity contribution in [3.05, 3.63) is 29.6 Å². The van der Waals surface area contributed by atoms with Gasteiger partial charge in [-0.25, -0.2) is 4.79 Å². The van der Waals surface area contributed by atoms with Crippen LogP contribution in [0.4, 0.5) is 5.69 Å². The minimum absolute atomic E-state index is 0.0232. The topological polar surface area (TPSA) is 141 Å². The number of tetrazole rings is 1. The summed E-state index contributed by atoms with van der Waals surface area (Å²) >= 11 is 0. The summed E-state index contributed by atoms with van der Waals surface area (Å²) in [5.41, 5.74) is -0.220. The average Bonchev–Trinajstić information content (AvgIpc) is 2.84. The Bertz CT molecular complexity index is 595. The van der Waals surface area contributed by atoms with Gasteiger partial charge < -0.3 is 15.5 Å². The monoisotopic (exact) mass is 249 g/mol. The third kappa shape index (κ3) is 2.24. The highest BCUT2D eigenvalue weighted by atomic mass is 16.4. The Morgan fingerprint density at radius 3 is 2.72 bits per heavy atom. The van der Waals surface area contributed by atoms with E-state index < -0.39 is 11.9 Å². The molecule has 0 aliphatic heterocycles. The maximum atomic E-state index is 11.6. The second-order valence-corrected chi connectivity index (χ2v) is 3.22. The molecule has 0 spiro atoms. The number of aromatic amines is 1. The predicted molar refractivity (Wildman–Crippen MR) is 57.2 cm³/mol. The molecule has 1 aromatic carbocycles. The maximum Gasteiger partial charge on any atom is 0.337 e. The number of aromatic carboxylic acids is 1. The SMILES string of the molecule is O=C(Nc1ccc(O)cc1C(=O)O)c1nn[nH]n1. The Morgan fingerprint density at radius 1 is 1.33 bits per heavy atom. The fraction of sp³-hybridized carbons (Fsp3) is 0. The quantitative estimate of drug-likeness (QED) is 0.554. The molecule has 1 heterocycles. The minimum Gasteiger partial charge on any atom is -0.508 e. The molecule has 0 radical (unpaired) electrons. The number of aromatic hydroxyl groups is 1. The van der Waals surface area contributed by atoms with Gasteiger partial charge in [0.25, 0.3) is 11.7 Å². The molecular formula is C9H7N5O4. The van der Waals surface area contributed by atoms with Crippen molar-refractivity contribution in [1.29, 1.82) is 0 Å². The first-order chi connectivity index (χ1) is 8.58. The number of nitrogens with one attached hydrogen (secondary N) is 2. The summed E-state index contributed by atoms with van der Waals surface area (Å²) in [6, 6.07) is 3.53. The fourth-order valence-electron chi connectivity index (χ4n) is 1.25. The Balaban J connectivity index is 2.29. The van der Waals surface area contributed by atoms with Crippen LogP contribution in [-0.2, 0) is 0 Å². The zero-order valence-corrected chi connectivity index (χ0v) is 8.78. The molecule has 18 heavy (non-hydrogen) atoms. The number of carboxylic acid groups (broad SMARTS) is 1. The van der Waals surface area contributed by atoms with Gasteiger partial charge in [0.15, 0.2) is 0 Å². The zero-order valence-electron chi connectivity index (χ0n) is 8.78. The number of benzene rings is 1. The minimum atomic E-state index is -1.28. The van der Waals surface area contributed by atoms with Crippen molar-refractivity contribution in [3.8, 4) is 5.75 Å². The molecule has 9 nitrogen and oxygen atoms in total. The number of hydrogen-bond donors (Lipinski definition) is 4. The van der Waals surface area contributed by atoms with E-state index in [1.807, 2.05) is 0 Å². The first-order valence-electron chi connectivity index (χ1n) is 4.69. The lowest BCUT2D eigenvalue weighted by molar-refractivity contribution is 0.0697. The van der Waals surface area contributed by atoms with E-state index in [-0.39, 0.29) is 22.8 Å². The maximum absolute atomic E-state index is 11.6. The molecule has 0 saturated carbocycles. The summed E-state index contributed by atoms with van der Waals surface area (Å²) < 4.78 is 0. The van der Waals surface area contributed by atoms with E-state index in [9.17, 15) is 14.7 Å². The lowest BCUT2D eigenvalue weighted by atomic mass is 10.1. The number of amides is 1. The molecule has 0 unspecified atom stereocenters. The highest BCUT2D eigenvalue weighted by molar-refractivity contribution is 6.05. The molecule has 0 fully saturated rings. The number of anilines is 1. The van der Waals surface area contributed by atoms with E-state index >= 15 is 0 Å². The molecule has 0 aliphatic carbocycles. The highest BCUT2D eigenvalue weighted by Gasteiger charge is 2.16. The summed E-state index contributed by atoms with van der Waals surface area (Å²) in [5.74, 6) is -2.43. The summed E-state index contributed by atoms with van der Waals surface area (Å²) in [6.07, 6.45) is 0. The van der Waals surface area contributed by atoms with E-state index in [0.29, 0.717) is 0 Å². The molecule has 92 valence electrons. The van der Waals surface area contributed by atoms with Crippen molar-refractivity contribution in [1.82, 2.24) is 20.6 Å². The molecule has 0 saturated heterocycles. The zero-order chi connectivity index (χ0) is 13.1. The second-order valence-electron chi connectivity index (χ2n) is 3.22. The molecule has 9 heteroatoms. The van der Waals surface area contributed by atoms with Crippen molar-refractivity contribution in [3.63, 3.8) is 0 Å². The van der Waals surface area contributed by atoms with Crippen LogP contribution >= 0.6 is 0 Å². The van der Waals surface area contributed by atoms with Gasteiger partial charge in [0, 0.05) is 0 Å². The van der Waals surface area contributed by atoms with Crippen LogP contribution in [0.2, 0.25) is 0 Å². The second kappa shape index (κ2) is 4.49. The number of phenols is 1. The van der Waals surface area contributed by atoms with Gasteiger partial charge in [0.05, 0.1) is 11.3 Å². The number of carbonyl (C=O) groups excluding carboxylic acids is 1. The molecule has 1 aromatic heterocycles. The van der Waals surface area contributed by atoms with Crippen LogP contribution in [0.1, 0.15) is 21.0 Å². The Morgan fingerprint density at radius 2 is 2.11 bits per heavy atom. The van der Waals surface area contributed by atoms with Crippen molar-refractivity contribution < 1.29 is 19.8 Å². The van der Waals surface area contributed by atoms with Crippen LogP contribution in [0.5, 0.6) is 5.75 Å². The van der Waals surface area contributed by atoms with Crippen LogP contribution in [0.25, 0.3) is 0 Å². The average molecular weight is 249 g/mol. The van der Waals surface area contributed by atoms with E-state index in [1.54, 1.807) is 0 Å². The van der Waals surface area contributed by atoms with Gasteiger partial charge in [-0.3, -0.25) is 4.79 Å². The number of carbonyl (C=O) groups is 2. The van der Waals surface area contributed by atoms with Crippen LogP contribution in [-0.4, -0.2) is 42.7 Å². The molecule has 2 rings (SSSR count). The van der Waals surface area contributed by atoms with E-state index in [1.165, 1.54) is 12.1 Å². The predicted octanol–water partition coefficient (Wildman–Crippen LogP) is -0.144. The molecule has 1 amide bonds. The lowest BCUT2D eigenvalue weighted by Crippen LogP contribution is -2.16. The van der Waals surface area contributed by atoms with Gasteiger partial charge in [-0.2, -0.15) is 5.21 Å². The summed E-state index contributed by atoms with van der Waals surface area (Å²) in [5, 5.41) is 32.6. The number of carboxylic acids is 1. The number of rotatable bonds is 3. The van der Waals surface area contributed by atoms with Gasteiger partial charge in [-0.15, -0.1) is 10.2 Å². The number of nitrogens with zero attached hydrogens (tertiary/aromatic N) is 3. The molecule has 0 bridgehead atoms. The first-order valence-corrected chi connectivity index (χ1v) is 4.69. The highest BCUT2D eigenvalue weighted by Crippen LogP contribution is 2.21. The number of hydrogen-bond acceptors (Lipinski definition) is 6. The molecule has 4 N–H and O–H groups in total. The van der Waals surface area contributed by atoms with Gasteiger partial charge >= 0.3 is 5.97 Å². The van der Waals surface area contributed by atoms with Crippen LogP contribution in [0.15, 0.2) is 18.2 Å². The normalized spacial score (nSPS) is 10.0.